The minimum absolute atomic E-state index is 0.0373. The highest BCUT2D eigenvalue weighted by atomic mass is 32.2. The fourth-order valence-corrected chi connectivity index (χ4v) is 4.32. The molecule has 2 aromatic rings. The molecule has 0 bridgehead atoms. The Kier molecular flexibility index (Phi) is 6.17. The Hall–Kier alpha value is -2.54. The summed E-state index contributed by atoms with van der Waals surface area (Å²) < 4.78 is 32.4. The van der Waals surface area contributed by atoms with Gasteiger partial charge in [0, 0.05) is 20.1 Å². The maximum Gasteiger partial charge on any atom is 0.264 e. The number of anilines is 1. The fourth-order valence-electron chi connectivity index (χ4n) is 3.13. The molecule has 1 saturated carbocycles. The van der Waals surface area contributed by atoms with Gasteiger partial charge in [-0.05, 0) is 69.0 Å². The van der Waals surface area contributed by atoms with Crippen LogP contribution in [0.15, 0.2) is 53.4 Å². The summed E-state index contributed by atoms with van der Waals surface area (Å²) in [6.07, 6.45) is 2.36. The first-order valence-electron chi connectivity index (χ1n) is 9.74. The molecule has 2 aromatic carbocycles. The van der Waals surface area contributed by atoms with E-state index in [1.807, 2.05) is 14.0 Å². The van der Waals surface area contributed by atoms with Crippen LogP contribution in [-0.4, -0.2) is 46.0 Å². The van der Waals surface area contributed by atoms with Crippen molar-refractivity contribution in [2.45, 2.75) is 37.6 Å². The highest BCUT2D eigenvalue weighted by Gasteiger charge is 2.32. The highest BCUT2D eigenvalue weighted by Crippen LogP contribution is 2.34. The fraction of sp³-hybridized carbons (Fsp3) is 0.409. The number of carbonyl (C=O) groups is 1. The summed E-state index contributed by atoms with van der Waals surface area (Å²) in [6.45, 7) is 3.94. The van der Waals surface area contributed by atoms with Crippen LogP contribution in [0.25, 0.3) is 0 Å². The van der Waals surface area contributed by atoms with E-state index in [0.29, 0.717) is 17.4 Å². The Bertz CT molecular complexity index is 951. The third kappa shape index (κ3) is 4.90. The van der Waals surface area contributed by atoms with Crippen molar-refractivity contribution < 1.29 is 17.9 Å². The minimum atomic E-state index is -3.64. The van der Waals surface area contributed by atoms with Gasteiger partial charge in [0.25, 0.3) is 15.9 Å². The summed E-state index contributed by atoms with van der Waals surface area (Å²) in [5.41, 5.74) is 1.52. The number of sulfonamides is 1. The average Bonchev–Trinajstić information content (AvgIpc) is 3.56. The van der Waals surface area contributed by atoms with E-state index >= 15 is 0 Å². The number of aryl methyl sites for hydroxylation is 1. The second kappa shape index (κ2) is 8.45. The number of carbonyl (C=O) groups excluding carboxylic acids is 1. The number of benzene rings is 2. The molecule has 0 aromatic heterocycles. The van der Waals surface area contributed by atoms with Crippen LogP contribution in [0.4, 0.5) is 5.69 Å². The first-order valence-corrected chi connectivity index (χ1v) is 11.2. The van der Waals surface area contributed by atoms with Crippen LogP contribution in [0.2, 0.25) is 0 Å². The predicted octanol–water partition coefficient (Wildman–Crippen LogP) is 3.46. The Balaban J connectivity index is 1.62. The maximum absolute atomic E-state index is 12.8. The Morgan fingerprint density at radius 2 is 1.66 bits per heavy atom. The van der Waals surface area contributed by atoms with E-state index in [1.165, 1.54) is 24.2 Å². The number of hydrogen-bond acceptors (Lipinski definition) is 4. The Labute approximate surface area is 173 Å². The van der Waals surface area contributed by atoms with Crippen LogP contribution in [0.3, 0.4) is 0 Å². The Morgan fingerprint density at radius 3 is 2.21 bits per heavy atom. The molecule has 1 aliphatic rings. The van der Waals surface area contributed by atoms with Crippen molar-refractivity contribution in [3.63, 3.8) is 0 Å². The SMILES string of the molecule is Cc1ccc(S(=O)(=O)N(C)c2ccc(OCC(=O)N(C)C(C)C3CC3)cc2)cc1. The highest BCUT2D eigenvalue weighted by molar-refractivity contribution is 7.92. The van der Waals surface area contributed by atoms with E-state index in [4.69, 9.17) is 4.74 Å². The maximum atomic E-state index is 12.8. The zero-order chi connectivity index (χ0) is 21.2. The van der Waals surface area contributed by atoms with E-state index in [1.54, 1.807) is 53.4 Å². The lowest BCUT2D eigenvalue weighted by Gasteiger charge is -2.25. The molecule has 1 amide bonds. The monoisotopic (exact) mass is 416 g/mol. The molecule has 3 rings (SSSR count). The van der Waals surface area contributed by atoms with Gasteiger partial charge in [0.2, 0.25) is 0 Å². The van der Waals surface area contributed by atoms with Gasteiger partial charge in [0.05, 0.1) is 10.6 Å². The van der Waals surface area contributed by atoms with Gasteiger partial charge in [-0.2, -0.15) is 0 Å². The van der Waals surface area contributed by atoms with Gasteiger partial charge in [-0.15, -0.1) is 0 Å². The molecule has 0 aliphatic heterocycles. The normalized spacial score (nSPS) is 14.9. The Morgan fingerprint density at radius 1 is 1.07 bits per heavy atom. The van der Waals surface area contributed by atoms with Crippen LogP contribution >= 0.6 is 0 Å². The smallest absolute Gasteiger partial charge is 0.264 e. The van der Waals surface area contributed by atoms with E-state index < -0.39 is 10.0 Å². The standard InChI is InChI=1S/C22H28N2O4S/c1-16-5-13-21(14-6-16)29(26,27)24(4)19-9-11-20(12-10-19)28-15-22(25)23(3)17(2)18-7-8-18/h5-6,9-14,17-18H,7-8,15H2,1-4H3. The van der Waals surface area contributed by atoms with Crippen LogP contribution < -0.4 is 9.04 Å². The summed E-state index contributed by atoms with van der Waals surface area (Å²) in [4.78, 5) is 14.3. The van der Waals surface area contributed by atoms with Crippen LogP contribution in [-0.2, 0) is 14.8 Å². The molecule has 1 fully saturated rings. The predicted molar refractivity (Wildman–Crippen MR) is 114 cm³/mol. The molecule has 1 atom stereocenters. The quantitative estimate of drug-likeness (QED) is 0.661. The molecule has 29 heavy (non-hydrogen) atoms. The van der Waals surface area contributed by atoms with Gasteiger partial charge in [0.1, 0.15) is 5.75 Å². The van der Waals surface area contributed by atoms with Crippen LogP contribution in [0.5, 0.6) is 5.75 Å². The second-order valence-corrected chi connectivity index (χ2v) is 9.62. The third-order valence-electron chi connectivity index (χ3n) is 5.55. The van der Waals surface area contributed by atoms with E-state index in [-0.39, 0.29) is 23.5 Å². The molecule has 0 N–H and O–H groups in total. The molecule has 1 aliphatic carbocycles. The van der Waals surface area contributed by atoms with Gasteiger partial charge in [0.15, 0.2) is 6.61 Å². The summed E-state index contributed by atoms with van der Waals surface area (Å²) in [5.74, 6) is 1.07. The molecule has 7 heteroatoms. The molecule has 0 saturated heterocycles. The van der Waals surface area contributed by atoms with E-state index in [2.05, 4.69) is 6.92 Å². The van der Waals surface area contributed by atoms with Crippen molar-refractivity contribution in [1.82, 2.24) is 4.90 Å². The van der Waals surface area contributed by atoms with Crippen molar-refractivity contribution in [1.29, 1.82) is 0 Å². The molecule has 0 radical (unpaired) electrons. The van der Waals surface area contributed by atoms with Crippen molar-refractivity contribution in [3.05, 3.63) is 54.1 Å². The van der Waals surface area contributed by atoms with Crippen LogP contribution in [0, 0.1) is 12.8 Å². The summed E-state index contributed by atoms with van der Waals surface area (Å²) >= 11 is 0. The number of hydrogen-bond donors (Lipinski definition) is 0. The van der Waals surface area contributed by atoms with Gasteiger partial charge in [-0.25, -0.2) is 8.42 Å². The number of ether oxygens (including phenoxy) is 1. The molecule has 0 spiro atoms. The van der Waals surface area contributed by atoms with Gasteiger partial charge < -0.3 is 9.64 Å². The molecular weight excluding hydrogens is 388 g/mol. The van der Waals surface area contributed by atoms with Gasteiger partial charge in [-0.1, -0.05) is 17.7 Å². The molecule has 0 heterocycles. The molecular formula is C22H28N2O4S. The number of nitrogens with zero attached hydrogens (tertiary/aromatic N) is 2. The van der Waals surface area contributed by atoms with Crippen molar-refractivity contribution in [3.8, 4) is 5.75 Å². The summed E-state index contributed by atoms with van der Waals surface area (Å²) in [5, 5.41) is 0. The zero-order valence-electron chi connectivity index (χ0n) is 17.3. The summed E-state index contributed by atoms with van der Waals surface area (Å²) in [6, 6.07) is 13.7. The average molecular weight is 417 g/mol. The third-order valence-corrected chi connectivity index (χ3v) is 7.35. The topological polar surface area (TPSA) is 66.9 Å². The van der Waals surface area contributed by atoms with Gasteiger partial charge >= 0.3 is 0 Å². The lowest BCUT2D eigenvalue weighted by molar-refractivity contribution is -0.134. The zero-order valence-corrected chi connectivity index (χ0v) is 18.1. The number of amides is 1. The number of rotatable bonds is 8. The van der Waals surface area contributed by atoms with E-state index in [9.17, 15) is 13.2 Å². The van der Waals surface area contributed by atoms with Gasteiger partial charge in [-0.3, -0.25) is 9.10 Å². The molecule has 6 nitrogen and oxygen atoms in total. The molecule has 1 unspecified atom stereocenters. The first kappa shape index (κ1) is 21.2. The van der Waals surface area contributed by atoms with Crippen LogP contribution in [0.1, 0.15) is 25.3 Å². The molecule has 156 valence electrons. The number of likely N-dealkylation sites (N-methyl/N-ethyl adjacent to an activating group) is 1. The second-order valence-electron chi connectivity index (χ2n) is 7.65. The first-order chi connectivity index (χ1) is 13.7. The lowest BCUT2D eigenvalue weighted by Crippen LogP contribution is -2.39. The van der Waals surface area contributed by atoms with Crippen molar-refractivity contribution >= 4 is 21.6 Å². The largest absolute Gasteiger partial charge is 0.484 e. The summed E-state index contributed by atoms with van der Waals surface area (Å²) in [7, 11) is -0.314. The minimum Gasteiger partial charge on any atom is -0.484 e. The van der Waals surface area contributed by atoms with Crippen molar-refractivity contribution in [2.24, 2.45) is 5.92 Å². The van der Waals surface area contributed by atoms with Crippen molar-refractivity contribution in [2.75, 3.05) is 25.0 Å². The van der Waals surface area contributed by atoms with E-state index in [0.717, 1.165) is 5.56 Å². The lowest BCUT2D eigenvalue weighted by atomic mass is 10.2.